The molecule has 0 radical (unpaired) electrons. The summed E-state index contributed by atoms with van der Waals surface area (Å²) in [6.07, 6.45) is 10.3. The highest BCUT2D eigenvalue weighted by Crippen LogP contribution is 2.70. The molecule has 0 aliphatic heterocycles. The molecule has 0 heterocycles. The fourth-order valence-electron chi connectivity index (χ4n) is 9.06. The highest BCUT2D eigenvalue weighted by Gasteiger charge is 2.70. The summed E-state index contributed by atoms with van der Waals surface area (Å²) >= 11 is 0. The Morgan fingerprint density at radius 3 is 1.64 bits per heavy atom. The number of carbonyl (C=O) groups is 2. The summed E-state index contributed by atoms with van der Waals surface area (Å²) in [5, 5.41) is 30.2. The van der Waals surface area contributed by atoms with E-state index in [2.05, 4.69) is 47.6 Å². The van der Waals surface area contributed by atoms with E-state index in [0.717, 1.165) is 56.8 Å². The van der Waals surface area contributed by atoms with Gasteiger partial charge in [0, 0.05) is 30.8 Å². The first-order valence-electron chi connectivity index (χ1n) is 13.9. The van der Waals surface area contributed by atoms with Crippen LogP contribution in [-0.2, 0) is 9.59 Å². The first kappa shape index (κ1) is 27.7. The van der Waals surface area contributed by atoms with E-state index >= 15 is 0 Å². The SMILES string of the molecule is CC1(C)CCC[C@@]1(C)C1=C[C@@H]2[C@H]3[C@H](C([C@]4(C)CCCC4(C)C)=CC(=O)[C@@]3(C)O)[C@H]1C(=O)[C@@]2(C)O.CO. The van der Waals surface area contributed by atoms with Crippen molar-refractivity contribution >= 4 is 11.6 Å². The lowest BCUT2D eigenvalue weighted by Gasteiger charge is -2.63. The normalized spacial score (nSPS) is 48.7. The molecule has 2 bridgehead atoms. The molecule has 6 aliphatic carbocycles. The maximum Gasteiger partial charge on any atom is 0.187 e. The van der Waals surface area contributed by atoms with Gasteiger partial charge in [0.2, 0.25) is 0 Å². The molecule has 8 atom stereocenters. The first-order valence-corrected chi connectivity index (χ1v) is 13.9. The largest absolute Gasteiger partial charge is 0.400 e. The van der Waals surface area contributed by atoms with Crippen molar-refractivity contribution < 1.29 is 24.9 Å². The van der Waals surface area contributed by atoms with E-state index in [1.807, 2.05) is 0 Å². The second kappa shape index (κ2) is 8.10. The number of allylic oxidation sites excluding steroid dienone is 2. The molecule has 202 valence electrons. The zero-order valence-corrected chi connectivity index (χ0v) is 23.9. The van der Waals surface area contributed by atoms with Gasteiger partial charge < -0.3 is 15.3 Å². The van der Waals surface area contributed by atoms with E-state index in [1.165, 1.54) is 0 Å². The van der Waals surface area contributed by atoms with Crippen LogP contribution in [-0.4, -0.2) is 45.2 Å². The predicted octanol–water partition coefficient (Wildman–Crippen LogP) is 5.03. The van der Waals surface area contributed by atoms with Gasteiger partial charge in [-0.05, 0) is 67.3 Å². The molecule has 0 unspecified atom stereocenters. The molecule has 0 saturated heterocycles. The Bertz CT molecular complexity index is 1030. The molecule has 3 N–H and O–H groups in total. The molecular weight excluding hydrogens is 452 g/mol. The van der Waals surface area contributed by atoms with Crippen LogP contribution in [0.5, 0.6) is 0 Å². The van der Waals surface area contributed by atoms with Crippen molar-refractivity contribution in [2.45, 2.75) is 105 Å². The maximum absolute atomic E-state index is 14.1. The third-order valence-electron chi connectivity index (χ3n) is 12.3. The van der Waals surface area contributed by atoms with Crippen LogP contribution in [0, 0.1) is 45.3 Å². The van der Waals surface area contributed by atoms with Crippen LogP contribution in [0.15, 0.2) is 23.3 Å². The Morgan fingerprint density at radius 2 is 1.19 bits per heavy atom. The summed E-state index contributed by atoms with van der Waals surface area (Å²) in [5.41, 5.74) is -1.28. The minimum Gasteiger partial charge on any atom is -0.400 e. The van der Waals surface area contributed by atoms with Crippen molar-refractivity contribution in [1.82, 2.24) is 0 Å². The lowest BCUT2D eigenvalue weighted by Crippen LogP contribution is -2.69. The number of hydrogen-bond donors (Lipinski definition) is 3. The summed E-state index contributed by atoms with van der Waals surface area (Å²) in [5.74, 6) is -2.20. The molecule has 5 heteroatoms. The highest BCUT2D eigenvalue weighted by molar-refractivity contribution is 6.02. The second-order valence-corrected chi connectivity index (χ2v) is 14.4. The second-order valence-electron chi connectivity index (χ2n) is 14.4. The number of fused-ring (bicyclic) bond motifs is 1. The lowest BCUT2D eigenvalue weighted by atomic mass is 9.41. The molecule has 3 fully saturated rings. The van der Waals surface area contributed by atoms with Crippen molar-refractivity contribution in [3.63, 3.8) is 0 Å². The minimum atomic E-state index is -1.60. The number of Topliss-reactive ketones (excluding diaryl/α,β-unsaturated/α-hetero) is 1. The van der Waals surface area contributed by atoms with E-state index in [1.54, 1.807) is 19.9 Å². The Balaban J connectivity index is 0.00000148. The molecule has 0 spiro atoms. The van der Waals surface area contributed by atoms with Gasteiger partial charge in [-0.25, -0.2) is 0 Å². The van der Waals surface area contributed by atoms with Crippen LogP contribution in [0.2, 0.25) is 0 Å². The molecule has 0 aromatic carbocycles. The van der Waals surface area contributed by atoms with Crippen molar-refractivity contribution in [3.05, 3.63) is 23.3 Å². The molecule has 5 nitrogen and oxygen atoms in total. The Hall–Kier alpha value is -1.30. The van der Waals surface area contributed by atoms with Gasteiger partial charge in [0.25, 0.3) is 0 Å². The Kier molecular flexibility index (Phi) is 6.24. The van der Waals surface area contributed by atoms with Gasteiger partial charge in [-0.15, -0.1) is 0 Å². The molecule has 6 rings (SSSR count). The standard InChI is InChI=1S/C30H44O4.CH4O/c1-25(2)11-9-13-27(25,5)17-15-19-23-21(22(17)24(32)29(19,7)33)18(16-20(31)30(23,8)34)28(6)14-10-12-26(28,3)4;1-2/h15-16,19,21-23,33-34H,9-14H2,1-8H3;2H,1H3/t19-,21-,22+,23+,27+,28+,29+,30-;/m1./s1. The van der Waals surface area contributed by atoms with Crippen LogP contribution in [0.25, 0.3) is 0 Å². The van der Waals surface area contributed by atoms with Crippen LogP contribution < -0.4 is 0 Å². The summed E-state index contributed by atoms with van der Waals surface area (Å²) in [7, 11) is 1.00. The van der Waals surface area contributed by atoms with E-state index in [4.69, 9.17) is 5.11 Å². The number of hydrogen-bond acceptors (Lipinski definition) is 5. The molecule has 3 saturated carbocycles. The van der Waals surface area contributed by atoms with E-state index < -0.39 is 29.0 Å². The molecule has 0 aromatic heterocycles. The van der Waals surface area contributed by atoms with Crippen molar-refractivity contribution in [3.8, 4) is 0 Å². The Labute approximate surface area is 217 Å². The zero-order valence-electron chi connectivity index (χ0n) is 23.9. The van der Waals surface area contributed by atoms with E-state index in [-0.39, 0.29) is 39.1 Å². The molecule has 6 aliphatic rings. The monoisotopic (exact) mass is 500 g/mol. The number of ketones is 2. The van der Waals surface area contributed by atoms with Crippen LogP contribution in [0.3, 0.4) is 0 Å². The maximum atomic E-state index is 14.1. The number of carbonyl (C=O) groups excluding carboxylic acids is 2. The average Bonchev–Trinajstić information content (AvgIpc) is 3.23. The van der Waals surface area contributed by atoms with Gasteiger partial charge in [-0.2, -0.15) is 0 Å². The summed E-state index contributed by atoms with van der Waals surface area (Å²) in [4.78, 5) is 27.6. The van der Waals surface area contributed by atoms with Crippen LogP contribution in [0.4, 0.5) is 0 Å². The van der Waals surface area contributed by atoms with Gasteiger partial charge in [0.1, 0.15) is 11.2 Å². The summed E-state index contributed by atoms with van der Waals surface area (Å²) < 4.78 is 0. The van der Waals surface area contributed by atoms with Crippen LogP contribution in [0.1, 0.15) is 93.9 Å². The highest BCUT2D eigenvalue weighted by atomic mass is 16.3. The van der Waals surface area contributed by atoms with Gasteiger partial charge in [0.15, 0.2) is 11.6 Å². The van der Waals surface area contributed by atoms with E-state index in [0.29, 0.717) is 0 Å². The Morgan fingerprint density at radius 1 is 0.722 bits per heavy atom. The molecular formula is C31H48O5. The lowest BCUT2D eigenvalue weighted by molar-refractivity contribution is -0.181. The van der Waals surface area contributed by atoms with E-state index in [9.17, 15) is 19.8 Å². The summed E-state index contributed by atoms with van der Waals surface area (Å²) in [6.45, 7) is 17.0. The van der Waals surface area contributed by atoms with Crippen molar-refractivity contribution in [2.75, 3.05) is 7.11 Å². The fourth-order valence-corrected chi connectivity index (χ4v) is 9.06. The van der Waals surface area contributed by atoms with Gasteiger partial charge in [0.05, 0.1) is 0 Å². The van der Waals surface area contributed by atoms with Crippen molar-refractivity contribution in [1.29, 1.82) is 0 Å². The third-order valence-corrected chi connectivity index (χ3v) is 12.3. The minimum absolute atomic E-state index is 0.00444. The predicted molar refractivity (Wildman–Crippen MR) is 141 cm³/mol. The van der Waals surface area contributed by atoms with Gasteiger partial charge in [-0.3, -0.25) is 9.59 Å². The topological polar surface area (TPSA) is 94.8 Å². The molecule has 0 aromatic rings. The number of aliphatic hydroxyl groups is 3. The molecule has 0 amide bonds. The van der Waals surface area contributed by atoms with Crippen molar-refractivity contribution in [2.24, 2.45) is 45.3 Å². The number of aliphatic hydroxyl groups excluding tert-OH is 1. The smallest absolute Gasteiger partial charge is 0.187 e. The third kappa shape index (κ3) is 3.24. The summed E-state index contributed by atoms with van der Waals surface area (Å²) in [6, 6.07) is 0. The average molecular weight is 501 g/mol. The zero-order chi connectivity index (χ0) is 27.3. The fraction of sp³-hybridized carbons (Fsp3) is 0.806. The molecule has 36 heavy (non-hydrogen) atoms. The van der Waals surface area contributed by atoms with Gasteiger partial charge in [-0.1, -0.05) is 71.6 Å². The first-order chi connectivity index (χ1) is 16.4. The number of rotatable bonds is 2. The quantitative estimate of drug-likeness (QED) is 0.463. The van der Waals surface area contributed by atoms with Crippen LogP contribution >= 0.6 is 0 Å². The van der Waals surface area contributed by atoms with Gasteiger partial charge >= 0.3 is 0 Å².